The molecule has 3 rings (SSSR count). The van der Waals surface area contributed by atoms with E-state index in [0.29, 0.717) is 5.92 Å². The van der Waals surface area contributed by atoms with E-state index in [9.17, 15) is 0 Å². The van der Waals surface area contributed by atoms with Crippen molar-refractivity contribution in [2.45, 2.75) is 51.4 Å². The molecule has 2 fully saturated rings. The van der Waals surface area contributed by atoms with Gasteiger partial charge in [-0.15, -0.1) is 0 Å². The smallest absolute Gasteiger partial charge is 0.205 e. The number of piperidine rings is 1. The van der Waals surface area contributed by atoms with Gasteiger partial charge in [-0.2, -0.15) is 4.37 Å². The van der Waals surface area contributed by atoms with E-state index in [0.717, 1.165) is 43.5 Å². The zero-order valence-corrected chi connectivity index (χ0v) is 12.6. The second-order valence-corrected chi connectivity index (χ2v) is 6.46. The van der Waals surface area contributed by atoms with Crippen molar-refractivity contribution in [2.24, 2.45) is 0 Å². The molecule has 0 saturated carbocycles. The Labute approximate surface area is 118 Å². The summed E-state index contributed by atoms with van der Waals surface area (Å²) in [7, 11) is 0. The van der Waals surface area contributed by atoms with Crippen LogP contribution in [0.5, 0.6) is 0 Å². The standard InChI is InChI=1S/C13H21N3O2S/c1-9(2)11-14-12(19-15-11)16-6-4-13(5-7-16)17-8-10(3)18-13/h9-10H,4-8H2,1-3H3/t10-/m0/s1. The van der Waals surface area contributed by atoms with E-state index in [-0.39, 0.29) is 11.9 Å². The molecule has 0 aromatic carbocycles. The molecule has 6 heteroatoms. The first-order valence-corrected chi connectivity index (χ1v) is 7.76. The zero-order valence-electron chi connectivity index (χ0n) is 11.8. The summed E-state index contributed by atoms with van der Waals surface area (Å²) >= 11 is 1.50. The monoisotopic (exact) mass is 283 g/mol. The van der Waals surface area contributed by atoms with Gasteiger partial charge in [-0.05, 0) is 6.92 Å². The Morgan fingerprint density at radius 3 is 2.63 bits per heavy atom. The van der Waals surface area contributed by atoms with E-state index in [1.807, 2.05) is 0 Å². The minimum absolute atomic E-state index is 0.223. The highest BCUT2D eigenvalue weighted by Crippen LogP contribution is 2.35. The molecule has 1 aromatic rings. The van der Waals surface area contributed by atoms with Crippen LogP contribution in [0.1, 0.15) is 45.4 Å². The van der Waals surface area contributed by atoms with Crippen LogP contribution in [0.4, 0.5) is 5.13 Å². The highest BCUT2D eigenvalue weighted by atomic mass is 32.1. The topological polar surface area (TPSA) is 47.5 Å². The zero-order chi connectivity index (χ0) is 13.5. The van der Waals surface area contributed by atoms with E-state index >= 15 is 0 Å². The molecule has 1 spiro atoms. The number of rotatable bonds is 2. The lowest BCUT2D eigenvalue weighted by Crippen LogP contribution is -2.45. The molecule has 0 aliphatic carbocycles. The van der Waals surface area contributed by atoms with E-state index in [1.165, 1.54) is 11.5 Å². The predicted octanol–water partition coefficient (Wildman–Crippen LogP) is 2.39. The molecule has 0 bridgehead atoms. The normalized spacial score (nSPS) is 26.5. The van der Waals surface area contributed by atoms with Crippen molar-refractivity contribution >= 4 is 16.7 Å². The van der Waals surface area contributed by atoms with E-state index in [4.69, 9.17) is 9.47 Å². The Morgan fingerprint density at radius 2 is 2.11 bits per heavy atom. The van der Waals surface area contributed by atoms with Crippen LogP contribution >= 0.6 is 11.5 Å². The maximum absolute atomic E-state index is 5.94. The van der Waals surface area contributed by atoms with Crippen molar-refractivity contribution in [2.75, 3.05) is 24.6 Å². The molecule has 2 saturated heterocycles. The molecule has 3 heterocycles. The first-order chi connectivity index (χ1) is 9.08. The number of hydrogen-bond acceptors (Lipinski definition) is 6. The number of hydrogen-bond donors (Lipinski definition) is 0. The Morgan fingerprint density at radius 1 is 1.37 bits per heavy atom. The van der Waals surface area contributed by atoms with Crippen LogP contribution in [-0.4, -0.2) is 40.9 Å². The molecular weight excluding hydrogens is 262 g/mol. The highest BCUT2D eigenvalue weighted by Gasteiger charge is 2.42. The van der Waals surface area contributed by atoms with Gasteiger partial charge in [0.1, 0.15) is 5.82 Å². The van der Waals surface area contributed by atoms with Crippen molar-refractivity contribution in [1.29, 1.82) is 0 Å². The van der Waals surface area contributed by atoms with Gasteiger partial charge in [0.2, 0.25) is 5.13 Å². The Kier molecular flexibility index (Phi) is 3.49. The van der Waals surface area contributed by atoms with Crippen LogP contribution < -0.4 is 4.90 Å². The van der Waals surface area contributed by atoms with Gasteiger partial charge in [0, 0.05) is 43.4 Å². The van der Waals surface area contributed by atoms with Crippen LogP contribution in [0.3, 0.4) is 0 Å². The average molecular weight is 283 g/mol. The van der Waals surface area contributed by atoms with Gasteiger partial charge in [-0.3, -0.25) is 0 Å². The molecule has 1 aromatic heterocycles. The van der Waals surface area contributed by atoms with Gasteiger partial charge in [0.05, 0.1) is 12.7 Å². The third-order valence-electron chi connectivity index (χ3n) is 3.74. The molecular formula is C13H21N3O2S. The van der Waals surface area contributed by atoms with Crippen molar-refractivity contribution in [3.05, 3.63) is 5.82 Å². The van der Waals surface area contributed by atoms with Crippen LogP contribution in [0.2, 0.25) is 0 Å². The summed E-state index contributed by atoms with van der Waals surface area (Å²) < 4.78 is 16.2. The lowest BCUT2D eigenvalue weighted by Gasteiger charge is -2.37. The summed E-state index contributed by atoms with van der Waals surface area (Å²) in [5.41, 5.74) is 0. The third kappa shape index (κ3) is 2.61. The first-order valence-electron chi connectivity index (χ1n) is 6.98. The van der Waals surface area contributed by atoms with Crippen molar-refractivity contribution < 1.29 is 9.47 Å². The molecule has 0 radical (unpaired) electrons. The summed E-state index contributed by atoms with van der Waals surface area (Å²) in [4.78, 5) is 6.91. The van der Waals surface area contributed by atoms with Gasteiger partial charge < -0.3 is 14.4 Å². The number of nitrogens with zero attached hydrogens (tertiary/aromatic N) is 3. The predicted molar refractivity (Wildman–Crippen MR) is 74.7 cm³/mol. The molecule has 0 N–H and O–H groups in total. The second kappa shape index (κ2) is 5.00. The Balaban J connectivity index is 1.63. The fourth-order valence-electron chi connectivity index (χ4n) is 2.59. The van der Waals surface area contributed by atoms with Gasteiger partial charge in [0.25, 0.3) is 0 Å². The fraction of sp³-hybridized carbons (Fsp3) is 0.846. The largest absolute Gasteiger partial charge is 0.347 e. The average Bonchev–Trinajstić information content (AvgIpc) is 2.99. The molecule has 0 amide bonds. The molecule has 2 aliphatic heterocycles. The summed E-state index contributed by atoms with van der Waals surface area (Å²) in [6.07, 6.45) is 2.04. The van der Waals surface area contributed by atoms with E-state index in [1.54, 1.807) is 0 Å². The number of ether oxygens (including phenoxy) is 2. The van der Waals surface area contributed by atoms with Crippen LogP contribution in [0.25, 0.3) is 0 Å². The summed E-state index contributed by atoms with van der Waals surface area (Å²) in [6.45, 7) is 8.90. The Hall–Kier alpha value is -0.720. The number of anilines is 1. The molecule has 1 atom stereocenters. The maximum Gasteiger partial charge on any atom is 0.205 e. The minimum atomic E-state index is -0.332. The minimum Gasteiger partial charge on any atom is -0.347 e. The van der Waals surface area contributed by atoms with Gasteiger partial charge in [0.15, 0.2) is 5.79 Å². The van der Waals surface area contributed by atoms with Crippen LogP contribution in [0, 0.1) is 0 Å². The van der Waals surface area contributed by atoms with Crippen LogP contribution in [-0.2, 0) is 9.47 Å². The second-order valence-electron chi connectivity index (χ2n) is 5.73. The number of aromatic nitrogens is 2. The van der Waals surface area contributed by atoms with Gasteiger partial charge >= 0.3 is 0 Å². The molecule has 106 valence electrons. The van der Waals surface area contributed by atoms with Gasteiger partial charge in [-0.1, -0.05) is 13.8 Å². The highest BCUT2D eigenvalue weighted by molar-refractivity contribution is 7.09. The summed E-state index contributed by atoms with van der Waals surface area (Å²) in [5, 5.41) is 1.03. The molecule has 19 heavy (non-hydrogen) atoms. The quantitative estimate of drug-likeness (QED) is 0.834. The lowest BCUT2D eigenvalue weighted by atomic mass is 10.0. The lowest BCUT2D eigenvalue weighted by molar-refractivity contribution is -0.178. The summed E-state index contributed by atoms with van der Waals surface area (Å²) in [6, 6.07) is 0. The van der Waals surface area contributed by atoms with Crippen molar-refractivity contribution in [3.63, 3.8) is 0 Å². The molecule has 5 nitrogen and oxygen atoms in total. The van der Waals surface area contributed by atoms with Gasteiger partial charge in [-0.25, -0.2) is 4.98 Å². The van der Waals surface area contributed by atoms with E-state index < -0.39 is 0 Å². The third-order valence-corrected chi connectivity index (χ3v) is 4.53. The SMILES string of the molecule is CC(C)c1nsc(N2CCC3(CC2)OC[C@H](C)O3)n1. The molecule has 0 unspecified atom stereocenters. The Bertz CT molecular complexity index is 441. The van der Waals surface area contributed by atoms with E-state index in [2.05, 4.69) is 35.0 Å². The van der Waals surface area contributed by atoms with Crippen LogP contribution in [0.15, 0.2) is 0 Å². The maximum atomic E-state index is 5.94. The fourth-order valence-corrected chi connectivity index (χ4v) is 3.45. The van der Waals surface area contributed by atoms with Crippen molar-refractivity contribution in [3.8, 4) is 0 Å². The first kappa shape index (κ1) is 13.3. The molecule has 2 aliphatic rings. The van der Waals surface area contributed by atoms with Crippen molar-refractivity contribution in [1.82, 2.24) is 9.36 Å². The summed E-state index contributed by atoms with van der Waals surface area (Å²) in [5.74, 6) is 1.01.